The molecule has 19 heavy (non-hydrogen) atoms. The van der Waals surface area contributed by atoms with Crippen LogP contribution in [0, 0.1) is 13.7 Å². The maximum absolute atomic E-state index is 10.9. The summed E-state index contributed by atoms with van der Waals surface area (Å²) in [4.78, 5) is 10.5. The van der Waals surface area contributed by atoms with Gasteiger partial charge in [-0.25, -0.2) is 0 Å². The zero-order chi connectivity index (χ0) is 13.7. The molecular formula is C14H12INO3. The molecule has 0 aromatic heterocycles. The van der Waals surface area contributed by atoms with Gasteiger partial charge in [0.15, 0.2) is 0 Å². The summed E-state index contributed by atoms with van der Waals surface area (Å²) in [5.74, 6) is 0.807. The lowest BCUT2D eigenvalue weighted by Crippen LogP contribution is -2.04. The van der Waals surface area contributed by atoms with Gasteiger partial charge in [-0.15, -0.1) is 0 Å². The lowest BCUT2D eigenvalue weighted by molar-refractivity contribution is -0.385. The third-order valence-electron chi connectivity index (χ3n) is 2.65. The Morgan fingerprint density at radius 2 is 1.79 bits per heavy atom. The second-order valence-corrected chi connectivity index (χ2v) is 5.08. The number of para-hydroxylation sites is 2. The van der Waals surface area contributed by atoms with Crippen LogP contribution in [0.3, 0.4) is 0 Å². The molecule has 5 heteroatoms. The normalized spacial score (nSPS) is 10.2. The van der Waals surface area contributed by atoms with Crippen molar-refractivity contribution in [1.82, 2.24) is 0 Å². The van der Waals surface area contributed by atoms with Gasteiger partial charge < -0.3 is 4.74 Å². The Labute approximate surface area is 124 Å². The predicted octanol–water partition coefficient (Wildman–Crippen LogP) is 3.82. The first-order valence-corrected chi connectivity index (χ1v) is 6.86. The molecule has 0 saturated heterocycles. The highest BCUT2D eigenvalue weighted by Crippen LogP contribution is 2.21. The molecule has 0 fully saturated rings. The van der Waals surface area contributed by atoms with Crippen LogP contribution in [0.15, 0.2) is 48.5 Å². The maximum Gasteiger partial charge on any atom is 0.272 e. The SMILES string of the molecule is O=[N+]([O-])c1ccccc1CCOc1ccccc1I. The van der Waals surface area contributed by atoms with Crippen LogP contribution < -0.4 is 4.74 Å². The Bertz CT molecular complexity index is 586. The predicted molar refractivity (Wildman–Crippen MR) is 81.5 cm³/mol. The Kier molecular flexibility index (Phi) is 4.73. The largest absolute Gasteiger partial charge is 0.492 e. The first-order chi connectivity index (χ1) is 9.18. The molecule has 2 rings (SSSR count). The van der Waals surface area contributed by atoms with Gasteiger partial charge in [-0.1, -0.05) is 30.3 Å². The minimum atomic E-state index is -0.360. The molecule has 0 atom stereocenters. The quantitative estimate of drug-likeness (QED) is 0.458. The number of nitrogens with zero attached hydrogens (tertiary/aromatic N) is 1. The van der Waals surface area contributed by atoms with Crippen molar-refractivity contribution >= 4 is 28.3 Å². The van der Waals surface area contributed by atoms with E-state index in [2.05, 4.69) is 22.6 Å². The van der Waals surface area contributed by atoms with Crippen molar-refractivity contribution in [2.24, 2.45) is 0 Å². The molecule has 0 radical (unpaired) electrons. The fourth-order valence-electron chi connectivity index (χ4n) is 1.73. The number of benzene rings is 2. The molecule has 0 spiro atoms. The van der Waals surface area contributed by atoms with Gasteiger partial charge in [0.25, 0.3) is 5.69 Å². The first kappa shape index (κ1) is 13.8. The van der Waals surface area contributed by atoms with E-state index in [-0.39, 0.29) is 10.6 Å². The van der Waals surface area contributed by atoms with Crippen molar-refractivity contribution in [2.75, 3.05) is 6.61 Å². The fraction of sp³-hybridized carbons (Fsp3) is 0.143. The lowest BCUT2D eigenvalue weighted by Gasteiger charge is -2.08. The van der Waals surface area contributed by atoms with E-state index in [1.165, 1.54) is 6.07 Å². The van der Waals surface area contributed by atoms with Gasteiger partial charge in [0.2, 0.25) is 0 Å². The summed E-state index contributed by atoms with van der Waals surface area (Å²) >= 11 is 2.20. The Morgan fingerprint density at radius 3 is 2.53 bits per heavy atom. The van der Waals surface area contributed by atoms with E-state index in [4.69, 9.17) is 4.74 Å². The van der Waals surface area contributed by atoms with Gasteiger partial charge in [0.05, 0.1) is 15.1 Å². The van der Waals surface area contributed by atoms with Gasteiger partial charge in [0.1, 0.15) is 5.75 Å². The Hall–Kier alpha value is -1.63. The third-order valence-corrected chi connectivity index (χ3v) is 3.55. The van der Waals surface area contributed by atoms with Crippen LogP contribution in [-0.2, 0) is 6.42 Å². The molecule has 0 aliphatic heterocycles. The van der Waals surface area contributed by atoms with E-state index < -0.39 is 0 Å². The lowest BCUT2D eigenvalue weighted by atomic mass is 10.1. The average molecular weight is 369 g/mol. The van der Waals surface area contributed by atoms with Crippen molar-refractivity contribution in [3.63, 3.8) is 0 Å². The van der Waals surface area contributed by atoms with Gasteiger partial charge in [-0.05, 0) is 34.7 Å². The van der Waals surface area contributed by atoms with Gasteiger partial charge in [-0.2, -0.15) is 0 Å². The number of nitro benzene ring substituents is 1. The van der Waals surface area contributed by atoms with Crippen molar-refractivity contribution < 1.29 is 9.66 Å². The summed E-state index contributed by atoms with van der Waals surface area (Å²) in [6.45, 7) is 0.421. The molecule has 0 amide bonds. The Balaban J connectivity index is 2.00. The second-order valence-electron chi connectivity index (χ2n) is 3.91. The third kappa shape index (κ3) is 3.66. The minimum absolute atomic E-state index is 0.147. The van der Waals surface area contributed by atoms with Crippen LogP contribution in [0.1, 0.15) is 5.56 Å². The Morgan fingerprint density at radius 1 is 1.11 bits per heavy atom. The number of nitro groups is 1. The molecule has 2 aromatic rings. The monoisotopic (exact) mass is 369 g/mol. The van der Waals surface area contributed by atoms with Crippen LogP contribution in [-0.4, -0.2) is 11.5 Å². The second kappa shape index (κ2) is 6.51. The molecule has 4 nitrogen and oxygen atoms in total. The summed E-state index contributed by atoms with van der Waals surface area (Å²) in [6, 6.07) is 14.4. The van der Waals surface area contributed by atoms with E-state index in [1.807, 2.05) is 24.3 Å². The van der Waals surface area contributed by atoms with Crippen LogP contribution in [0.2, 0.25) is 0 Å². The van der Waals surface area contributed by atoms with Crippen molar-refractivity contribution in [1.29, 1.82) is 0 Å². The molecule has 0 unspecified atom stereocenters. The van der Waals surface area contributed by atoms with E-state index in [9.17, 15) is 10.1 Å². The zero-order valence-electron chi connectivity index (χ0n) is 10.1. The molecular weight excluding hydrogens is 357 g/mol. The van der Waals surface area contributed by atoms with Gasteiger partial charge in [-0.3, -0.25) is 10.1 Å². The van der Waals surface area contributed by atoms with Crippen LogP contribution in [0.4, 0.5) is 5.69 Å². The molecule has 98 valence electrons. The minimum Gasteiger partial charge on any atom is -0.492 e. The number of ether oxygens (including phenoxy) is 1. The van der Waals surface area contributed by atoms with Crippen LogP contribution in [0.25, 0.3) is 0 Å². The summed E-state index contributed by atoms with van der Waals surface area (Å²) in [7, 11) is 0. The van der Waals surface area contributed by atoms with Crippen molar-refractivity contribution in [3.05, 3.63) is 67.8 Å². The molecule has 0 N–H and O–H groups in total. The number of halogens is 1. The summed E-state index contributed by atoms with van der Waals surface area (Å²) in [6.07, 6.45) is 0.516. The van der Waals surface area contributed by atoms with Gasteiger partial charge >= 0.3 is 0 Å². The number of hydrogen-bond acceptors (Lipinski definition) is 3. The first-order valence-electron chi connectivity index (χ1n) is 5.78. The van der Waals surface area contributed by atoms with E-state index in [1.54, 1.807) is 18.2 Å². The summed E-state index contributed by atoms with van der Waals surface area (Å²) in [5.41, 5.74) is 0.840. The van der Waals surface area contributed by atoms with E-state index in [0.717, 1.165) is 9.32 Å². The molecule has 0 aliphatic carbocycles. The summed E-state index contributed by atoms with van der Waals surface area (Å²) in [5, 5.41) is 10.9. The molecule has 0 saturated carbocycles. The summed E-state index contributed by atoms with van der Waals surface area (Å²) < 4.78 is 6.68. The van der Waals surface area contributed by atoms with E-state index >= 15 is 0 Å². The van der Waals surface area contributed by atoms with Crippen molar-refractivity contribution in [2.45, 2.75) is 6.42 Å². The average Bonchev–Trinajstić information content (AvgIpc) is 2.41. The molecule has 0 aliphatic rings. The standard InChI is InChI=1S/C14H12INO3/c15-12-6-2-4-8-14(12)19-10-9-11-5-1-3-7-13(11)16(17)18/h1-8H,9-10H2. The van der Waals surface area contributed by atoms with Gasteiger partial charge in [0, 0.05) is 18.1 Å². The van der Waals surface area contributed by atoms with E-state index in [0.29, 0.717) is 18.6 Å². The number of hydrogen-bond donors (Lipinski definition) is 0. The maximum atomic E-state index is 10.9. The fourth-order valence-corrected chi connectivity index (χ4v) is 2.28. The highest BCUT2D eigenvalue weighted by atomic mass is 127. The van der Waals surface area contributed by atoms with Crippen LogP contribution >= 0.6 is 22.6 Å². The molecule has 0 heterocycles. The number of rotatable bonds is 5. The highest BCUT2D eigenvalue weighted by Gasteiger charge is 2.12. The van der Waals surface area contributed by atoms with Crippen LogP contribution in [0.5, 0.6) is 5.75 Å². The smallest absolute Gasteiger partial charge is 0.272 e. The highest BCUT2D eigenvalue weighted by molar-refractivity contribution is 14.1. The molecule has 0 bridgehead atoms. The molecule has 2 aromatic carbocycles. The van der Waals surface area contributed by atoms with Crippen molar-refractivity contribution in [3.8, 4) is 5.75 Å². The topological polar surface area (TPSA) is 52.4 Å². The zero-order valence-corrected chi connectivity index (χ0v) is 12.2.